The molecule has 0 aromatic heterocycles. The smallest absolute Gasteiger partial charge is 0.347 e. The minimum atomic E-state index is -1.08. The zero-order valence-electron chi connectivity index (χ0n) is 15.0. The molecule has 0 unspecified atom stereocenters. The lowest BCUT2D eigenvalue weighted by molar-refractivity contribution is -0.159. The number of anilines is 1. The predicted molar refractivity (Wildman–Crippen MR) is 98.7 cm³/mol. The Morgan fingerprint density at radius 3 is 2.37 bits per heavy atom. The van der Waals surface area contributed by atoms with Crippen molar-refractivity contribution in [1.82, 2.24) is 0 Å². The summed E-state index contributed by atoms with van der Waals surface area (Å²) in [4.78, 5) is 24.4. The molecule has 0 spiro atoms. The van der Waals surface area contributed by atoms with Crippen LogP contribution in [-0.4, -0.2) is 31.2 Å². The van der Waals surface area contributed by atoms with Crippen LogP contribution in [0.1, 0.15) is 13.8 Å². The standard InChI is InChI=1S/C19H19ClFNO5/c1-11(18(23)22-16-10-13(20)4-9-17(16)25-3)27-19(24)12(2)26-15-7-5-14(21)6-8-15/h4-12H,1-3H3,(H,22,23)/t11-,12-/m1/s1. The summed E-state index contributed by atoms with van der Waals surface area (Å²) in [6.45, 7) is 2.89. The molecule has 0 saturated heterocycles. The van der Waals surface area contributed by atoms with Crippen molar-refractivity contribution in [2.75, 3.05) is 12.4 Å². The van der Waals surface area contributed by atoms with E-state index < -0.39 is 29.9 Å². The van der Waals surface area contributed by atoms with Gasteiger partial charge in [-0.3, -0.25) is 4.79 Å². The molecule has 2 atom stereocenters. The largest absolute Gasteiger partial charge is 0.495 e. The number of nitrogens with one attached hydrogen (secondary N) is 1. The molecule has 0 heterocycles. The van der Waals surface area contributed by atoms with Crippen LogP contribution in [0, 0.1) is 5.82 Å². The number of hydrogen-bond donors (Lipinski definition) is 1. The molecule has 0 aliphatic rings. The van der Waals surface area contributed by atoms with Crippen molar-refractivity contribution in [3.05, 3.63) is 53.3 Å². The van der Waals surface area contributed by atoms with E-state index in [1.54, 1.807) is 12.1 Å². The van der Waals surface area contributed by atoms with Gasteiger partial charge in [-0.25, -0.2) is 9.18 Å². The summed E-state index contributed by atoms with van der Waals surface area (Å²) in [5.41, 5.74) is 0.355. The predicted octanol–water partition coefficient (Wildman–Crippen LogP) is 3.83. The minimum Gasteiger partial charge on any atom is -0.495 e. The topological polar surface area (TPSA) is 73.9 Å². The second-order valence-corrected chi connectivity index (χ2v) is 6.06. The van der Waals surface area contributed by atoms with Gasteiger partial charge in [-0.2, -0.15) is 0 Å². The van der Waals surface area contributed by atoms with E-state index in [9.17, 15) is 14.0 Å². The van der Waals surface area contributed by atoms with Gasteiger partial charge < -0.3 is 19.5 Å². The molecule has 0 fully saturated rings. The van der Waals surface area contributed by atoms with Crippen molar-refractivity contribution < 1.29 is 28.2 Å². The van der Waals surface area contributed by atoms with Crippen LogP contribution in [0.15, 0.2) is 42.5 Å². The lowest BCUT2D eigenvalue weighted by Crippen LogP contribution is -2.35. The van der Waals surface area contributed by atoms with Gasteiger partial charge in [0, 0.05) is 5.02 Å². The van der Waals surface area contributed by atoms with Gasteiger partial charge in [0.25, 0.3) is 5.91 Å². The first kappa shape index (κ1) is 20.5. The molecule has 1 amide bonds. The van der Waals surface area contributed by atoms with Crippen molar-refractivity contribution in [2.45, 2.75) is 26.1 Å². The fraction of sp³-hybridized carbons (Fsp3) is 0.263. The van der Waals surface area contributed by atoms with Crippen molar-refractivity contribution in [3.63, 3.8) is 0 Å². The fourth-order valence-electron chi connectivity index (χ4n) is 2.10. The Labute approximate surface area is 161 Å². The van der Waals surface area contributed by atoms with E-state index in [-0.39, 0.29) is 0 Å². The van der Waals surface area contributed by atoms with Crippen LogP contribution in [0.2, 0.25) is 5.02 Å². The SMILES string of the molecule is COc1ccc(Cl)cc1NC(=O)[C@@H](C)OC(=O)[C@@H](C)Oc1ccc(F)cc1. The fourth-order valence-corrected chi connectivity index (χ4v) is 2.27. The highest BCUT2D eigenvalue weighted by Crippen LogP contribution is 2.27. The maximum absolute atomic E-state index is 12.9. The number of methoxy groups -OCH3 is 1. The van der Waals surface area contributed by atoms with Gasteiger partial charge >= 0.3 is 5.97 Å². The molecule has 0 radical (unpaired) electrons. The van der Waals surface area contributed by atoms with E-state index in [1.807, 2.05) is 0 Å². The Morgan fingerprint density at radius 2 is 1.74 bits per heavy atom. The molecule has 0 aliphatic heterocycles. The molecular formula is C19H19ClFNO5. The summed E-state index contributed by atoms with van der Waals surface area (Å²) in [6.07, 6.45) is -2.06. The van der Waals surface area contributed by atoms with Gasteiger partial charge in [0.1, 0.15) is 17.3 Å². The first-order valence-electron chi connectivity index (χ1n) is 8.07. The minimum absolute atomic E-state index is 0.307. The summed E-state index contributed by atoms with van der Waals surface area (Å²) in [6, 6.07) is 9.94. The van der Waals surface area contributed by atoms with Crippen molar-refractivity contribution in [2.24, 2.45) is 0 Å². The average molecular weight is 396 g/mol. The van der Waals surface area contributed by atoms with Gasteiger partial charge in [-0.1, -0.05) is 11.6 Å². The van der Waals surface area contributed by atoms with Gasteiger partial charge in [0.2, 0.25) is 0 Å². The third-order valence-corrected chi connectivity index (χ3v) is 3.78. The van der Waals surface area contributed by atoms with Crippen LogP contribution in [0.3, 0.4) is 0 Å². The van der Waals surface area contributed by atoms with Gasteiger partial charge in [-0.15, -0.1) is 0 Å². The number of carbonyl (C=O) groups is 2. The van der Waals surface area contributed by atoms with Crippen molar-refractivity contribution >= 4 is 29.2 Å². The zero-order chi connectivity index (χ0) is 20.0. The Bertz CT molecular complexity index is 812. The number of rotatable bonds is 7. The molecule has 27 heavy (non-hydrogen) atoms. The molecule has 8 heteroatoms. The van der Waals surface area contributed by atoms with Gasteiger partial charge in [0.05, 0.1) is 12.8 Å². The molecule has 2 aromatic rings. The van der Waals surface area contributed by atoms with Crippen LogP contribution in [0.4, 0.5) is 10.1 Å². The van der Waals surface area contributed by atoms with Crippen molar-refractivity contribution in [3.8, 4) is 11.5 Å². The first-order valence-corrected chi connectivity index (χ1v) is 8.45. The Kier molecular flexibility index (Phi) is 7.01. The second-order valence-electron chi connectivity index (χ2n) is 5.63. The van der Waals surface area contributed by atoms with E-state index in [0.717, 1.165) is 0 Å². The zero-order valence-corrected chi connectivity index (χ0v) is 15.7. The summed E-state index contributed by atoms with van der Waals surface area (Å²) in [7, 11) is 1.46. The molecule has 2 aromatic carbocycles. The molecule has 0 aliphatic carbocycles. The molecule has 1 N–H and O–H groups in total. The van der Waals surface area contributed by atoms with Crippen molar-refractivity contribution in [1.29, 1.82) is 0 Å². The third kappa shape index (κ3) is 5.86. The van der Waals surface area contributed by atoms with Gasteiger partial charge in [0.15, 0.2) is 12.2 Å². The second kappa shape index (κ2) is 9.23. The maximum Gasteiger partial charge on any atom is 0.347 e. The molecule has 6 nitrogen and oxygen atoms in total. The lowest BCUT2D eigenvalue weighted by atomic mass is 10.2. The number of esters is 1. The lowest BCUT2D eigenvalue weighted by Gasteiger charge is -2.18. The van der Waals surface area contributed by atoms with Crippen LogP contribution in [-0.2, 0) is 14.3 Å². The summed E-state index contributed by atoms with van der Waals surface area (Å²) in [5.74, 6) is -0.988. The number of halogens is 2. The first-order chi connectivity index (χ1) is 12.8. The van der Waals surface area contributed by atoms with E-state index in [2.05, 4.69) is 5.32 Å². The van der Waals surface area contributed by atoms with Crippen LogP contribution >= 0.6 is 11.6 Å². The highest BCUT2D eigenvalue weighted by Gasteiger charge is 2.24. The number of amides is 1. The summed E-state index contributed by atoms with van der Waals surface area (Å²) in [5, 5.41) is 3.01. The van der Waals surface area contributed by atoms with E-state index in [0.29, 0.717) is 22.2 Å². The Morgan fingerprint density at radius 1 is 1.07 bits per heavy atom. The number of hydrogen-bond acceptors (Lipinski definition) is 5. The van der Waals surface area contributed by atoms with Gasteiger partial charge in [-0.05, 0) is 56.3 Å². The highest BCUT2D eigenvalue weighted by molar-refractivity contribution is 6.31. The quantitative estimate of drug-likeness (QED) is 0.721. The normalized spacial score (nSPS) is 12.6. The third-order valence-electron chi connectivity index (χ3n) is 3.54. The Balaban J connectivity index is 1.94. The number of ether oxygens (including phenoxy) is 3. The number of carbonyl (C=O) groups excluding carboxylic acids is 2. The maximum atomic E-state index is 12.9. The molecular weight excluding hydrogens is 377 g/mol. The molecule has 0 saturated carbocycles. The Hall–Kier alpha value is -2.80. The van der Waals surface area contributed by atoms with Crippen LogP contribution in [0.5, 0.6) is 11.5 Å². The molecule has 144 valence electrons. The molecule has 2 rings (SSSR count). The monoisotopic (exact) mass is 395 g/mol. The van der Waals surface area contributed by atoms with E-state index in [1.165, 1.54) is 51.3 Å². The van der Waals surface area contributed by atoms with E-state index in [4.69, 9.17) is 25.8 Å². The average Bonchev–Trinajstić information content (AvgIpc) is 2.63. The summed E-state index contributed by atoms with van der Waals surface area (Å²) >= 11 is 5.92. The summed E-state index contributed by atoms with van der Waals surface area (Å²) < 4.78 is 28.5. The van der Waals surface area contributed by atoms with E-state index >= 15 is 0 Å². The highest BCUT2D eigenvalue weighted by atomic mass is 35.5. The number of benzene rings is 2. The molecule has 0 bridgehead atoms. The van der Waals surface area contributed by atoms with Crippen LogP contribution in [0.25, 0.3) is 0 Å². The van der Waals surface area contributed by atoms with Crippen LogP contribution < -0.4 is 14.8 Å².